The van der Waals surface area contributed by atoms with E-state index in [4.69, 9.17) is 4.84 Å². The van der Waals surface area contributed by atoms with Crippen LogP contribution in [0.4, 0.5) is 5.69 Å². The molecule has 0 heterocycles. The lowest BCUT2D eigenvalue weighted by Crippen LogP contribution is -2.17. The molecule has 2 rings (SSSR count). The van der Waals surface area contributed by atoms with Gasteiger partial charge in [0.25, 0.3) is 5.91 Å². The van der Waals surface area contributed by atoms with Crippen molar-refractivity contribution in [2.24, 2.45) is 5.16 Å². The minimum Gasteiger partial charge on any atom is -0.386 e. The van der Waals surface area contributed by atoms with Crippen molar-refractivity contribution in [2.75, 3.05) is 11.9 Å². The molecule has 0 aliphatic rings. The second kappa shape index (κ2) is 8.34. The number of oxime groups is 1. The van der Waals surface area contributed by atoms with Crippen LogP contribution in [0.5, 0.6) is 0 Å². The molecule has 0 saturated carbocycles. The van der Waals surface area contributed by atoms with E-state index in [1.807, 2.05) is 48.5 Å². The first-order valence-corrected chi connectivity index (χ1v) is 7.76. The summed E-state index contributed by atoms with van der Waals surface area (Å²) in [5, 5.41) is 6.56. The summed E-state index contributed by atoms with van der Waals surface area (Å²) < 4.78 is 0.999. The van der Waals surface area contributed by atoms with Crippen LogP contribution >= 0.6 is 15.9 Å². The van der Waals surface area contributed by atoms with Gasteiger partial charge in [-0.05, 0) is 41.8 Å². The predicted octanol–water partition coefficient (Wildman–Crippen LogP) is 4.00. The molecule has 1 amide bonds. The van der Waals surface area contributed by atoms with Gasteiger partial charge in [0.2, 0.25) is 0 Å². The van der Waals surface area contributed by atoms with Gasteiger partial charge in [0.15, 0.2) is 6.61 Å². The number of rotatable bonds is 6. The summed E-state index contributed by atoms with van der Waals surface area (Å²) in [5.74, 6) is -0.235. The van der Waals surface area contributed by atoms with E-state index < -0.39 is 0 Å². The number of aryl methyl sites for hydroxylation is 1. The van der Waals surface area contributed by atoms with Gasteiger partial charge in [0, 0.05) is 10.2 Å². The summed E-state index contributed by atoms with van der Waals surface area (Å²) in [6.07, 6.45) is 2.50. The van der Waals surface area contributed by atoms with E-state index in [-0.39, 0.29) is 12.5 Å². The Morgan fingerprint density at radius 1 is 1.27 bits per heavy atom. The Morgan fingerprint density at radius 2 is 2.05 bits per heavy atom. The standard InChI is InChI=1S/C17H17BrN2O2/c1-2-13-4-3-5-16(10-13)20-17(21)12-22-19-11-14-6-8-15(18)9-7-14/h3-11H,2,12H2,1H3,(H,20,21)/b19-11-. The SMILES string of the molecule is CCc1cccc(NC(=O)CO/N=C\c2ccc(Br)cc2)c1. The Labute approximate surface area is 138 Å². The lowest BCUT2D eigenvalue weighted by Gasteiger charge is -2.05. The molecule has 0 saturated heterocycles. The third-order valence-electron chi connectivity index (χ3n) is 2.96. The van der Waals surface area contributed by atoms with Crippen LogP contribution < -0.4 is 5.32 Å². The van der Waals surface area contributed by atoms with Crippen LogP contribution in [-0.4, -0.2) is 18.7 Å². The molecule has 0 aromatic heterocycles. The first-order chi connectivity index (χ1) is 10.7. The van der Waals surface area contributed by atoms with Crippen molar-refractivity contribution in [1.82, 2.24) is 0 Å². The Bertz CT molecular complexity index is 654. The normalized spacial score (nSPS) is 10.6. The van der Waals surface area contributed by atoms with E-state index in [9.17, 15) is 4.79 Å². The molecule has 0 radical (unpaired) electrons. The molecule has 0 fully saturated rings. The first-order valence-electron chi connectivity index (χ1n) is 6.97. The van der Waals surface area contributed by atoms with E-state index in [2.05, 4.69) is 33.3 Å². The third-order valence-corrected chi connectivity index (χ3v) is 3.49. The topological polar surface area (TPSA) is 50.7 Å². The van der Waals surface area contributed by atoms with Crippen LogP contribution in [0.25, 0.3) is 0 Å². The van der Waals surface area contributed by atoms with Crippen molar-refractivity contribution in [3.63, 3.8) is 0 Å². The van der Waals surface area contributed by atoms with E-state index >= 15 is 0 Å². The average Bonchev–Trinajstić information content (AvgIpc) is 2.53. The molecular weight excluding hydrogens is 344 g/mol. The van der Waals surface area contributed by atoms with Gasteiger partial charge in [-0.3, -0.25) is 4.79 Å². The minimum atomic E-state index is -0.235. The number of nitrogens with zero attached hydrogens (tertiary/aromatic N) is 1. The van der Waals surface area contributed by atoms with Gasteiger partial charge in [-0.1, -0.05) is 52.3 Å². The summed E-state index contributed by atoms with van der Waals surface area (Å²) in [4.78, 5) is 16.8. The zero-order chi connectivity index (χ0) is 15.8. The number of amides is 1. The number of carbonyl (C=O) groups excluding carboxylic acids is 1. The van der Waals surface area contributed by atoms with Gasteiger partial charge >= 0.3 is 0 Å². The number of carbonyl (C=O) groups is 1. The molecule has 0 atom stereocenters. The average molecular weight is 361 g/mol. The molecule has 2 aromatic carbocycles. The lowest BCUT2D eigenvalue weighted by molar-refractivity contribution is -0.120. The molecule has 2 aromatic rings. The lowest BCUT2D eigenvalue weighted by atomic mass is 10.1. The molecule has 114 valence electrons. The fourth-order valence-corrected chi connectivity index (χ4v) is 2.07. The largest absolute Gasteiger partial charge is 0.386 e. The number of hydrogen-bond acceptors (Lipinski definition) is 3. The van der Waals surface area contributed by atoms with Gasteiger partial charge in [0.1, 0.15) is 0 Å². The molecule has 0 aliphatic carbocycles. The maximum absolute atomic E-state index is 11.8. The maximum atomic E-state index is 11.8. The molecule has 5 heteroatoms. The first kappa shape index (κ1) is 16.2. The smallest absolute Gasteiger partial charge is 0.265 e. The van der Waals surface area contributed by atoms with Crippen LogP contribution in [0.3, 0.4) is 0 Å². The van der Waals surface area contributed by atoms with Gasteiger partial charge in [-0.25, -0.2) is 0 Å². The van der Waals surface area contributed by atoms with Gasteiger partial charge in [-0.15, -0.1) is 0 Å². The van der Waals surface area contributed by atoms with Gasteiger partial charge in [-0.2, -0.15) is 0 Å². The fourth-order valence-electron chi connectivity index (χ4n) is 1.81. The Morgan fingerprint density at radius 3 is 2.77 bits per heavy atom. The van der Waals surface area contributed by atoms with Crippen molar-refractivity contribution in [2.45, 2.75) is 13.3 Å². The number of nitrogens with one attached hydrogen (secondary N) is 1. The molecule has 22 heavy (non-hydrogen) atoms. The zero-order valence-corrected chi connectivity index (χ0v) is 13.8. The maximum Gasteiger partial charge on any atom is 0.265 e. The molecule has 0 unspecified atom stereocenters. The van der Waals surface area contributed by atoms with Crippen LogP contribution in [0, 0.1) is 0 Å². The third kappa shape index (κ3) is 5.33. The quantitative estimate of drug-likeness (QED) is 0.625. The van der Waals surface area contributed by atoms with E-state index in [0.717, 1.165) is 22.1 Å². The van der Waals surface area contributed by atoms with Crippen molar-refractivity contribution in [3.05, 3.63) is 64.1 Å². The zero-order valence-electron chi connectivity index (χ0n) is 12.3. The number of anilines is 1. The van der Waals surface area contributed by atoms with Crippen molar-refractivity contribution in [1.29, 1.82) is 0 Å². The number of hydrogen-bond donors (Lipinski definition) is 1. The van der Waals surface area contributed by atoms with E-state index in [0.29, 0.717) is 0 Å². The highest BCUT2D eigenvalue weighted by Crippen LogP contribution is 2.11. The minimum absolute atomic E-state index is 0.122. The second-order valence-corrected chi connectivity index (χ2v) is 5.58. The summed E-state index contributed by atoms with van der Waals surface area (Å²) in [5.41, 5.74) is 2.84. The fraction of sp³-hybridized carbons (Fsp3) is 0.176. The molecular formula is C17H17BrN2O2. The highest BCUT2D eigenvalue weighted by Gasteiger charge is 2.02. The monoisotopic (exact) mass is 360 g/mol. The Balaban J connectivity index is 1.78. The summed E-state index contributed by atoms with van der Waals surface area (Å²) >= 11 is 3.36. The Kier molecular flexibility index (Phi) is 6.15. The van der Waals surface area contributed by atoms with Crippen LogP contribution in [0.15, 0.2) is 58.2 Å². The Hall–Kier alpha value is -2.14. The van der Waals surface area contributed by atoms with Crippen LogP contribution in [0.1, 0.15) is 18.1 Å². The van der Waals surface area contributed by atoms with Gasteiger partial charge < -0.3 is 10.2 Å². The number of halogens is 1. The second-order valence-electron chi connectivity index (χ2n) is 4.66. The van der Waals surface area contributed by atoms with Crippen molar-refractivity contribution >= 4 is 33.7 Å². The van der Waals surface area contributed by atoms with Crippen LogP contribution in [-0.2, 0) is 16.1 Å². The molecule has 0 aliphatic heterocycles. The molecule has 0 bridgehead atoms. The molecule has 0 spiro atoms. The predicted molar refractivity (Wildman–Crippen MR) is 92.1 cm³/mol. The van der Waals surface area contributed by atoms with Gasteiger partial charge in [0.05, 0.1) is 6.21 Å². The molecule has 4 nitrogen and oxygen atoms in total. The van der Waals surface area contributed by atoms with E-state index in [1.165, 1.54) is 5.56 Å². The molecule has 1 N–H and O–H groups in total. The summed E-state index contributed by atoms with van der Waals surface area (Å²) in [7, 11) is 0. The van der Waals surface area contributed by atoms with Crippen LogP contribution in [0.2, 0.25) is 0 Å². The summed E-state index contributed by atoms with van der Waals surface area (Å²) in [6.45, 7) is 1.95. The van der Waals surface area contributed by atoms with Crippen molar-refractivity contribution in [3.8, 4) is 0 Å². The highest BCUT2D eigenvalue weighted by atomic mass is 79.9. The van der Waals surface area contributed by atoms with Crippen molar-refractivity contribution < 1.29 is 9.63 Å². The van der Waals surface area contributed by atoms with E-state index in [1.54, 1.807) is 6.21 Å². The highest BCUT2D eigenvalue weighted by molar-refractivity contribution is 9.10. The summed E-state index contributed by atoms with van der Waals surface area (Å²) in [6, 6.07) is 15.4. The number of benzene rings is 2.